The Hall–Kier alpha value is 0.250. The minimum Gasteiger partial charge on any atom is -0.344 e. The molecule has 1 nitrogen and oxygen atoms in total. The van der Waals surface area contributed by atoms with Gasteiger partial charge in [0.2, 0.25) is 0 Å². The van der Waals surface area contributed by atoms with Gasteiger partial charge in [-0.25, -0.2) is 0 Å². The molecule has 0 aromatic rings. The fourth-order valence-electron chi connectivity index (χ4n) is 5.00. The Morgan fingerprint density at radius 2 is 0.667 bits per heavy atom. The lowest BCUT2D eigenvalue weighted by atomic mass is 9.66. The van der Waals surface area contributed by atoms with Crippen LogP contribution in [0.2, 0.25) is 0 Å². The van der Waals surface area contributed by atoms with E-state index in [1.807, 2.05) is 0 Å². The second-order valence-electron chi connectivity index (χ2n) is 10.3. The molecule has 0 aliphatic rings. The van der Waals surface area contributed by atoms with Crippen molar-refractivity contribution in [2.24, 2.45) is 5.41 Å². The van der Waals surface area contributed by atoms with E-state index in [-0.39, 0.29) is 11.0 Å². The van der Waals surface area contributed by atoms with E-state index in [4.69, 9.17) is 11.6 Å². The third-order valence-corrected chi connectivity index (χ3v) is 7.69. The zero-order valence-electron chi connectivity index (χ0n) is 21.9. The van der Waals surface area contributed by atoms with Gasteiger partial charge in [-0.1, -0.05) is 136 Å². The third kappa shape index (κ3) is 16.0. The quantitative estimate of drug-likeness (QED) is 0.130. The first-order valence-corrected chi connectivity index (χ1v) is 14.0. The zero-order chi connectivity index (χ0) is 21.8. The smallest absolute Gasteiger partial charge is 0.0446 e. The molecule has 0 bridgehead atoms. The monoisotopic (exact) mass is 445 g/mol. The number of alkyl halides is 1. The highest BCUT2D eigenvalue weighted by Crippen LogP contribution is 2.49. The maximum Gasteiger partial charge on any atom is 0.0446 e. The van der Waals surface area contributed by atoms with E-state index in [0.29, 0.717) is 5.41 Å². The van der Waals surface area contributed by atoms with Crippen LogP contribution in [0.25, 0.3) is 0 Å². The molecule has 184 valence electrons. The van der Waals surface area contributed by atoms with Crippen molar-refractivity contribution in [1.82, 2.24) is 6.15 Å². The van der Waals surface area contributed by atoms with Gasteiger partial charge in [0.05, 0.1) is 0 Å². The average molecular weight is 446 g/mol. The van der Waals surface area contributed by atoms with Crippen molar-refractivity contribution < 1.29 is 0 Å². The van der Waals surface area contributed by atoms with Gasteiger partial charge in [-0.2, -0.15) is 0 Å². The molecular weight excluding hydrogens is 386 g/mol. The summed E-state index contributed by atoms with van der Waals surface area (Å²) in [5.74, 6) is 0. The Morgan fingerprint density at radius 3 is 0.900 bits per heavy atom. The molecule has 0 aromatic carbocycles. The molecule has 0 aliphatic heterocycles. The lowest BCUT2D eigenvalue weighted by Crippen LogP contribution is -2.39. The molecule has 3 N–H and O–H groups in total. The van der Waals surface area contributed by atoms with Crippen molar-refractivity contribution in [1.29, 1.82) is 0 Å². The molecule has 0 saturated heterocycles. The molecule has 0 atom stereocenters. The first-order valence-electron chi connectivity index (χ1n) is 13.6. The Bertz CT molecular complexity index is 293. The molecule has 0 aromatic heterocycles. The number of halogens is 1. The fourth-order valence-corrected chi connectivity index (χ4v) is 5.28. The Balaban J connectivity index is 0. The first-order chi connectivity index (χ1) is 13.9. The maximum absolute atomic E-state index is 7.14. The van der Waals surface area contributed by atoms with Crippen LogP contribution in [-0.4, -0.2) is 4.87 Å². The van der Waals surface area contributed by atoms with Crippen LogP contribution in [0.1, 0.15) is 169 Å². The van der Waals surface area contributed by atoms with E-state index in [1.54, 1.807) is 0 Å². The highest BCUT2D eigenvalue weighted by molar-refractivity contribution is 6.24. The molecule has 0 saturated carbocycles. The van der Waals surface area contributed by atoms with Gasteiger partial charge in [0.15, 0.2) is 0 Å². The first kappa shape index (κ1) is 32.4. The van der Waals surface area contributed by atoms with Crippen LogP contribution in [0.15, 0.2) is 0 Å². The minimum atomic E-state index is -0.0801. The predicted octanol–water partition coefficient (Wildman–Crippen LogP) is 11.4. The van der Waals surface area contributed by atoms with E-state index < -0.39 is 0 Å². The molecule has 2 heteroatoms. The molecule has 0 heterocycles. The fraction of sp³-hybridized carbons (Fsp3) is 1.00. The molecule has 0 fully saturated rings. The summed E-state index contributed by atoms with van der Waals surface area (Å²) in [6, 6.07) is 0. The average Bonchev–Trinajstić information content (AvgIpc) is 2.68. The summed E-state index contributed by atoms with van der Waals surface area (Å²) in [6.07, 6.45) is 29.1. The second kappa shape index (κ2) is 21.1. The number of hydrogen-bond acceptors (Lipinski definition) is 1. The van der Waals surface area contributed by atoms with Crippen molar-refractivity contribution in [2.45, 2.75) is 174 Å². The second-order valence-corrected chi connectivity index (χ2v) is 11.3. The summed E-state index contributed by atoms with van der Waals surface area (Å²) in [4.78, 5) is -0.0801. The van der Waals surface area contributed by atoms with Gasteiger partial charge in [0.25, 0.3) is 0 Å². The summed E-state index contributed by atoms with van der Waals surface area (Å²) in [5, 5.41) is 0. The SMILES string of the molecule is CCCCCCCCC(CCCCCCCC)(CCCCCCCC)C(C)(C)Cl.N. The van der Waals surface area contributed by atoms with Gasteiger partial charge in [-0.15, -0.1) is 11.6 Å². The number of hydrogen-bond donors (Lipinski definition) is 1. The highest BCUT2D eigenvalue weighted by Gasteiger charge is 2.41. The third-order valence-electron chi connectivity index (χ3n) is 7.29. The van der Waals surface area contributed by atoms with Crippen molar-refractivity contribution >= 4 is 11.6 Å². The topological polar surface area (TPSA) is 35.0 Å². The maximum atomic E-state index is 7.14. The molecule has 0 radical (unpaired) electrons. The summed E-state index contributed by atoms with van der Waals surface area (Å²) in [5.41, 5.74) is 0.342. The Kier molecular flexibility index (Phi) is 22.8. The van der Waals surface area contributed by atoms with Crippen molar-refractivity contribution in [3.05, 3.63) is 0 Å². The van der Waals surface area contributed by atoms with Crippen LogP contribution in [0.5, 0.6) is 0 Å². The van der Waals surface area contributed by atoms with Gasteiger partial charge < -0.3 is 6.15 Å². The molecule has 0 unspecified atom stereocenters. The molecule has 30 heavy (non-hydrogen) atoms. The highest BCUT2D eigenvalue weighted by atomic mass is 35.5. The summed E-state index contributed by atoms with van der Waals surface area (Å²) in [6.45, 7) is 11.6. The van der Waals surface area contributed by atoms with E-state index in [1.165, 1.54) is 135 Å². The van der Waals surface area contributed by atoms with Crippen molar-refractivity contribution in [3.63, 3.8) is 0 Å². The van der Waals surface area contributed by atoms with Crippen LogP contribution < -0.4 is 6.15 Å². The van der Waals surface area contributed by atoms with Gasteiger partial charge >= 0.3 is 0 Å². The summed E-state index contributed by atoms with van der Waals surface area (Å²) >= 11 is 7.14. The van der Waals surface area contributed by atoms with E-state index >= 15 is 0 Å². The van der Waals surface area contributed by atoms with Crippen LogP contribution in [0, 0.1) is 5.41 Å². The van der Waals surface area contributed by atoms with E-state index in [9.17, 15) is 0 Å². The summed E-state index contributed by atoms with van der Waals surface area (Å²) < 4.78 is 0. The lowest BCUT2D eigenvalue weighted by Gasteiger charge is -2.44. The van der Waals surface area contributed by atoms with Gasteiger partial charge in [-0.3, -0.25) is 0 Å². The molecular formula is C28H60ClN. The lowest BCUT2D eigenvalue weighted by molar-refractivity contribution is 0.141. The van der Waals surface area contributed by atoms with Gasteiger partial charge in [0.1, 0.15) is 0 Å². The Morgan fingerprint density at radius 1 is 0.433 bits per heavy atom. The van der Waals surface area contributed by atoms with Crippen LogP contribution in [0.3, 0.4) is 0 Å². The van der Waals surface area contributed by atoms with Gasteiger partial charge in [0, 0.05) is 4.87 Å². The number of unbranched alkanes of at least 4 members (excludes halogenated alkanes) is 15. The van der Waals surface area contributed by atoms with Crippen LogP contribution >= 0.6 is 11.6 Å². The standard InChI is InChI=1S/C28H57Cl.H3N/c1-6-9-12-15-18-21-24-28(27(4,5)29,25-22-19-16-13-10-7-2)26-23-20-17-14-11-8-3;/h6-26H2,1-5H3;1H3. The van der Waals surface area contributed by atoms with Crippen LogP contribution in [-0.2, 0) is 0 Å². The Labute approximate surface area is 197 Å². The summed E-state index contributed by atoms with van der Waals surface area (Å²) in [7, 11) is 0. The van der Waals surface area contributed by atoms with E-state index in [2.05, 4.69) is 34.6 Å². The predicted molar refractivity (Wildman–Crippen MR) is 141 cm³/mol. The zero-order valence-corrected chi connectivity index (χ0v) is 22.7. The van der Waals surface area contributed by atoms with Gasteiger partial charge in [-0.05, 0) is 38.5 Å². The van der Waals surface area contributed by atoms with Crippen LogP contribution in [0.4, 0.5) is 0 Å². The van der Waals surface area contributed by atoms with Crippen molar-refractivity contribution in [2.75, 3.05) is 0 Å². The molecule has 0 rings (SSSR count). The molecule has 0 amide bonds. The molecule has 0 aliphatic carbocycles. The molecule has 0 spiro atoms. The number of rotatable bonds is 22. The van der Waals surface area contributed by atoms with Crippen molar-refractivity contribution in [3.8, 4) is 0 Å². The normalized spacial score (nSPS) is 12.2. The minimum absolute atomic E-state index is 0. The largest absolute Gasteiger partial charge is 0.344 e. The van der Waals surface area contributed by atoms with E-state index in [0.717, 1.165) is 0 Å².